The predicted molar refractivity (Wildman–Crippen MR) is 390 cm³/mol. The minimum absolute atomic E-state index is 0. The second kappa shape index (κ2) is 48.9. The molecule has 0 saturated carbocycles. The molecule has 4 aromatic rings. The van der Waals surface area contributed by atoms with Crippen LogP contribution in [-0.2, 0) is 55.3 Å². The van der Waals surface area contributed by atoms with Gasteiger partial charge in [-0.3, -0.25) is 4.52 Å². The molecule has 2 fully saturated rings. The zero-order chi connectivity index (χ0) is 75.5. The van der Waals surface area contributed by atoms with Gasteiger partial charge in [0.25, 0.3) is 0 Å². The summed E-state index contributed by atoms with van der Waals surface area (Å²) >= 11 is 0. The predicted octanol–water partition coefficient (Wildman–Crippen LogP) is 13.4. The maximum atomic E-state index is 15.0. The van der Waals surface area contributed by atoms with Crippen LogP contribution in [0.15, 0.2) is 47.1 Å². The summed E-state index contributed by atoms with van der Waals surface area (Å²) in [6.45, 7) is 10.6. The molecular formula is C47H98F2N16O22P12. The number of aliphatic hydroxyl groups is 3. The average molecular weight is 1650 g/mol. The molecule has 2 saturated heterocycles. The van der Waals surface area contributed by atoms with Crippen LogP contribution in [0.3, 0.4) is 0 Å². The van der Waals surface area contributed by atoms with Crippen LogP contribution in [0, 0.1) is 0 Å². The van der Waals surface area contributed by atoms with Crippen molar-refractivity contribution in [3.05, 3.63) is 69.2 Å². The molecule has 4 aromatic heterocycles. The zero-order valence-electron chi connectivity index (χ0n) is 55.6. The number of nitrogens with two attached hydrogens (primary N) is 2. The number of fused-ring (bicyclic) bond motifs is 2. The topological polar surface area (TPSA) is 581 Å². The Kier molecular flexibility index (Phi) is 47.3. The Bertz CT molecular complexity index is 3260. The summed E-state index contributed by atoms with van der Waals surface area (Å²) < 4.78 is 116. The first-order chi connectivity index (χ1) is 46.5. The molecule has 0 bridgehead atoms. The van der Waals surface area contributed by atoms with Crippen molar-refractivity contribution >= 4 is 118 Å². The number of anilines is 2. The third-order valence-electron chi connectivity index (χ3n) is 13.5. The van der Waals surface area contributed by atoms with Crippen molar-refractivity contribution in [2.24, 2.45) is 10.2 Å². The summed E-state index contributed by atoms with van der Waals surface area (Å²) in [6.07, 6.45) is 10.7. The number of phosphoric ester groups is 1. The molecule has 572 valence electrons. The Hall–Kier alpha value is -1.25. The SMILES string of the molecule is C.CCCCCCCC.CCCCCCCC.CCCCNP(NCCCC)(OO)(OOO)[P+](=O)[O-].[3H]P(P(P)P)P(P)P.[N-]=[N+]=N[C@]1(CO)O[C@@H](c2ccc3c(N)ncnn23)[C@H](F)[C@@H]1O.[N-]=[N+]=N[C@]1(COP(=O)(O)OP(=O)(O)OP(=O)(O)O)O[C@@H](c2ccc3c(N)ncnn23)[C@H](F)[C@@H]1O. The molecule has 52 heteroatoms. The van der Waals surface area contributed by atoms with E-state index in [9.17, 15) is 52.7 Å². The van der Waals surface area contributed by atoms with Gasteiger partial charge in [0.15, 0.2) is 35.4 Å². The first-order valence-corrected chi connectivity index (χ1v) is 50.0. The van der Waals surface area contributed by atoms with E-state index >= 15 is 4.39 Å². The second-order valence-electron chi connectivity index (χ2n) is 20.9. The maximum Gasteiger partial charge on any atom is 0.490 e. The smallest absolute Gasteiger partial charge is 0.393 e. The Labute approximate surface area is 588 Å². The van der Waals surface area contributed by atoms with E-state index in [1.165, 1.54) is 106 Å². The van der Waals surface area contributed by atoms with E-state index in [-0.39, 0.29) is 63.0 Å². The first-order valence-electron chi connectivity index (χ1n) is 30.6. The van der Waals surface area contributed by atoms with E-state index in [1.807, 2.05) is 13.8 Å². The van der Waals surface area contributed by atoms with Crippen LogP contribution in [0.5, 0.6) is 0 Å². The van der Waals surface area contributed by atoms with E-state index in [4.69, 9.17) is 53.6 Å². The standard InChI is InChI=1S/C11H15FN7O12P3.C11H12FN7O3.C8H22N2O7P2.2C8H18.CH4.H9P7/c12-7-8(5-1-2-6-10(13)15-4-16-19(5)6)29-11(9(7)20,17-18-14)3-28-33(24,25)31-34(26,27)30-32(21,22)23;12-7-8(22-11(3-20,9(7)21)17-18-14)5-1-2-6-10(13)15-4-16-19(5)6;1-3-5-7-9-19(16-12,17-15-11,18(13)14)10-8-6-4-2;2*1-3-5-7-8-6-4-2;;1-6(2)5-7(3)4/h1-2,4,7-9,20H,3H2,(H,24,25)(H,26,27)(H2,13,15,16)(H2,21,22,23);1-2,4,7-9,20-21H,3H2,(H2,13,15,16);9-12H,3-8H2,1-2H3;2*3-8H2,1-2H3;1H4;5H,1-4H2/t2*7-,8-,9-,11+;;;;;/m00...../s1/i;;;;;;5T. The Morgan fingerprint density at radius 2 is 1.11 bits per heavy atom. The zero-order valence-corrected chi connectivity index (χ0v) is 66.3. The van der Waals surface area contributed by atoms with Gasteiger partial charge in [0, 0.05) is 9.82 Å². The van der Waals surface area contributed by atoms with Crippen molar-refractivity contribution in [3.63, 3.8) is 0 Å². The number of hydrogen-bond acceptors (Lipinski definition) is 28. The largest absolute Gasteiger partial charge is 0.490 e. The number of unbranched alkanes of at least 4 members (excludes halogenated alkanes) is 12. The van der Waals surface area contributed by atoms with E-state index in [0.717, 1.165) is 23.7 Å². The van der Waals surface area contributed by atoms with Gasteiger partial charge in [-0.05, 0) is 49.3 Å². The molecule has 0 aromatic carbocycles. The number of nitrogens with one attached hydrogen (secondary N) is 2. The molecule has 38 nitrogen and oxygen atoms in total. The van der Waals surface area contributed by atoms with E-state index < -0.39 is 108 Å². The monoisotopic (exact) mass is 1650 g/mol. The Morgan fingerprint density at radius 3 is 1.43 bits per heavy atom. The molecular weight excluding hydrogens is 1550 g/mol. The third kappa shape index (κ3) is 31.6. The molecule has 0 radical (unpaired) electrons. The van der Waals surface area contributed by atoms with Crippen molar-refractivity contribution in [1.82, 2.24) is 39.4 Å². The van der Waals surface area contributed by atoms with Crippen LogP contribution < -0.4 is 26.5 Å². The van der Waals surface area contributed by atoms with Crippen LogP contribution in [0.25, 0.3) is 31.9 Å². The number of nitrogens with zero attached hydrogens (tertiary/aromatic N) is 12. The fourth-order valence-corrected chi connectivity index (χ4v) is 44.2. The van der Waals surface area contributed by atoms with Crippen molar-refractivity contribution in [2.75, 3.05) is 37.8 Å². The Morgan fingerprint density at radius 1 is 0.727 bits per heavy atom. The van der Waals surface area contributed by atoms with Gasteiger partial charge in [-0.15, -0.1) is 35.7 Å². The van der Waals surface area contributed by atoms with Crippen molar-refractivity contribution in [2.45, 2.75) is 200 Å². The van der Waals surface area contributed by atoms with Crippen LogP contribution in [0.4, 0.5) is 20.4 Å². The number of aliphatic hydroxyl groups excluding tert-OH is 3. The second-order valence-corrected chi connectivity index (χ2v) is 53.8. The molecule has 6 rings (SSSR count). The van der Waals surface area contributed by atoms with Gasteiger partial charge in [0.1, 0.15) is 48.1 Å². The molecule has 15 N–H and O–H groups in total. The van der Waals surface area contributed by atoms with Crippen molar-refractivity contribution < 1.29 is 114 Å². The minimum Gasteiger partial charge on any atom is -0.393 e. The number of phosphoric acid groups is 3. The van der Waals surface area contributed by atoms with Gasteiger partial charge in [0.2, 0.25) is 0 Å². The fraction of sp³-hybridized carbons (Fsp3) is 0.745. The van der Waals surface area contributed by atoms with E-state index in [2.05, 4.69) is 141 Å². The maximum absolute atomic E-state index is 15.0. The molecule has 2 aliphatic rings. The van der Waals surface area contributed by atoms with Gasteiger partial charge < -0.3 is 55.8 Å². The van der Waals surface area contributed by atoms with Gasteiger partial charge in [-0.1, -0.05) is 130 Å². The van der Waals surface area contributed by atoms with Crippen molar-refractivity contribution in [1.29, 1.82) is 1.28 Å². The fourth-order valence-electron chi connectivity index (χ4n) is 8.61. The van der Waals surface area contributed by atoms with E-state index in [0.29, 0.717) is 18.4 Å². The van der Waals surface area contributed by atoms with Gasteiger partial charge >= 0.3 is 135 Å². The van der Waals surface area contributed by atoms with Crippen molar-refractivity contribution in [3.8, 4) is 0 Å². The van der Waals surface area contributed by atoms with E-state index in [1.54, 1.807) is 6.07 Å². The molecule has 99 heavy (non-hydrogen) atoms. The molecule has 0 aliphatic carbocycles. The van der Waals surface area contributed by atoms with Crippen LogP contribution in [-0.4, -0.2) is 138 Å². The summed E-state index contributed by atoms with van der Waals surface area (Å²) in [4.78, 5) is 59.8. The summed E-state index contributed by atoms with van der Waals surface area (Å²) in [5.41, 5.74) is 24.9. The average Bonchev–Trinajstić information content (AvgIpc) is 1.30. The Balaban J connectivity index is 0.00000129. The van der Waals surface area contributed by atoms with Crippen LogP contribution >= 0.6 is 95.8 Å². The summed E-state index contributed by atoms with van der Waals surface area (Å²) in [5.74, 6) is 0.211. The molecule has 15 atom stereocenters. The summed E-state index contributed by atoms with van der Waals surface area (Å²) in [7, 11) is -15.2. The quantitative estimate of drug-likeness (QED) is 0.00382. The first kappa shape index (κ1) is 95.8. The van der Waals surface area contributed by atoms with Gasteiger partial charge in [-0.2, -0.15) is 18.8 Å². The molecule has 0 spiro atoms. The molecule has 0 amide bonds. The number of azide groups is 2. The number of hydrogen-bond donors (Lipinski definition) is 13. The third-order valence-corrected chi connectivity index (χ3v) is 39.6. The normalized spacial score (nSPS) is 22.3. The number of ether oxygens (including phenoxy) is 2. The number of alkyl halides is 2. The molecule has 2 aliphatic heterocycles. The summed E-state index contributed by atoms with van der Waals surface area (Å²) in [6, 6.07) is 5.78. The molecule has 7 unspecified atom stereocenters. The minimum atomic E-state index is -5.86. The number of nitrogen functional groups attached to an aromatic ring is 2. The molecule has 6 heterocycles. The van der Waals surface area contributed by atoms with Gasteiger partial charge in [-0.25, -0.2) is 41.5 Å². The number of aromatic nitrogens is 6. The van der Waals surface area contributed by atoms with Crippen LogP contribution in [0.1, 0.15) is 175 Å². The number of rotatable bonds is 36. The van der Waals surface area contributed by atoms with Gasteiger partial charge in [0.05, 0.1) is 25.9 Å². The number of halogens is 2. The van der Waals surface area contributed by atoms with Crippen LogP contribution in [0.2, 0.25) is 0 Å². The summed E-state index contributed by atoms with van der Waals surface area (Å²) in [5, 5.41) is 69.8.